The summed E-state index contributed by atoms with van der Waals surface area (Å²) in [5.41, 5.74) is 9.10. The van der Waals surface area contributed by atoms with Gasteiger partial charge in [-0.15, -0.1) is 0 Å². The number of anilines is 2. The highest BCUT2D eigenvalue weighted by molar-refractivity contribution is 5.59. The first-order chi connectivity index (χ1) is 17.9. The molecule has 3 N–H and O–H groups in total. The van der Waals surface area contributed by atoms with E-state index in [0.29, 0.717) is 29.7 Å². The lowest BCUT2D eigenvalue weighted by molar-refractivity contribution is 0.612. The largest absolute Gasteiger partial charge is 0.384 e. The molecule has 7 heteroatoms. The number of benzene rings is 2. The molecule has 0 fully saturated rings. The van der Waals surface area contributed by atoms with Crippen LogP contribution in [0.3, 0.4) is 0 Å². The van der Waals surface area contributed by atoms with Crippen LogP contribution in [0.25, 0.3) is 5.65 Å². The second-order valence-corrected chi connectivity index (χ2v) is 8.73. The van der Waals surface area contributed by atoms with Gasteiger partial charge in [0, 0.05) is 35.7 Å². The van der Waals surface area contributed by atoms with Gasteiger partial charge in [-0.2, -0.15) is 9.61 Å². The van der Waals surface area contributed by atoms with Crippen LogP contribution in [0.2, 0.25) is 0 Å². The Kier molecular flexibility index (Phi) is 10.2. The zero-order valence-corrected chi connectivity index (χ0v) is 21.5. The minimum absolute atomic E-state index is 0.216. The topological polar surface area (TPSA) is 68.2 Å². The maximum atomic E-state index is 13.7. The van der Waals surface area contributed by atoms with Crippen LogP contribution in [0.15, 0.2) is 72.9 Å². The number of fused-ring (bicyclic) bond motifs is 1. The van der Waals surface area contributed by atoms with E-state index in [0.717, 1.165) is 36.0 Å². The number of halogens is 2. The van der Waals surface area contributed by atoms with Crippen molar-refractivity contribution in [1.82, 2.24) is 14.6 Å². The molecule has 2 aromatic heterocycles. The number of nitrogens with zero attached hydrogens (tertiary/aromatic N) is 3. The Hall–Kier alpha value is -4.18. The molecule has 4 rings (SSSR count). The van der Waals surface area contributed by atoms with Crippen molar-refractivity contribution in [3.05, 3.63) is 101 Å². The predicted molar refractivity (Wildman–Crippen MR) is 147 cm³/mol. The Balaban J connectivity index is 0.000000222. The number of hydrogen-bond acceptors (Lipinski definition) is 4. The van der Waals surface area contributed by atoms with Gasteiger partial charge in [-0.1, -0.05) is 63.0 Å². The van der Waals surface area contributed by atoms with Gasteiger partial charge in [-0.05, 0) is 49.1 Å². The van der Waals surface area contributed by atoms with Gasteiger partial charge in [-0.25, -0.2) is 13.8 Å². The maximum absolute atomic E-state index is 13.7. The summed E-state index contributed by atoms with van der Waals surface area (Å²) in [4.78, 5) is 4.35. The Morgan fingerprint density at radius 2 is 1.84 bits per heavy atom. The monoisotopic (exact) mass is 501 g/mol. The van der Waals surface area contributed by atoms with Gasteiger partial charge in [0.2, 0.25) is 0 Å². The molecular formula is C30H33F2N5. The highest BCUT2D eigenvalue weighted by Gasteiger charge is 2.13. The van der Waals surface area contributed by atoms with E-state index in [-0.39, 0.29) is 11.6 Å². The maximum Gasteiger partial charge on any atom is 0.163 e. The minimum Gasteiger partial charge on any atom is -0.384 e. The van der Waals surface area contributed by atoms with Gasteiger partial charge in [0.25, 0.3) is 0 Å². The first kappa shape index (κ1) is 27.4. The highest BCUT2D eigenvalue weighted by atomic mass is 19.1. The van der Waals surface area contributed by atoms with E-state index in [4.69, 9.17) is 5.73 Å². The molecule has 0 aliphatic rings. The molecule has 2 heterocycles. The van der Waals surface area contributed by atoms with Crippen LogP contribution in [-0.2, 0) is 6.54 Å². The average molecular weight is 502 g/mol. The third kappa shape index (κ3) is 8.18. The van der Waals surface area contributed by atoms with Gasteiger partial charge in [0.15, 0.2) is 5.65 Å². The molecule has 192 valence electrons. The zero-order valence-electron chi connectivity index (χ0n) is 21.5. The number of unbranched alkanes of at least 4 members (excludes halogenated alkanes) is 1. The smallest absolute Gasteiger partial charge is 0.163 e. The minimum atomic E-state index is -0.239. The SMILES string of the molecule is CC(C)c1cnn2c(NCc3ccccc3F)cc(N)nc12.CC/C=C\CCC#Cc1ccc(F)cc1. The van der Waals surface area contributed by atoms with Crippen molar-refractivity contribution >= 4 is 17.3 Å². The molecule has 0 aliphatic heterocycles. The Bertz CT molecular complexity index is 1380. The molecule has 0 radical (unpaired) electrons. The molecule has 2 aromatic carbocycles. The van der Waals surface area contributed by atoms with Gasteiger partial charge in [0.05, 0.1) is 6.20 Å². The fourth-order valence-electron chi connectivity index (χ4n) is 3.50. The van der Waals surface area contributed by atoms with Crippen molar-refractivity contribution in [2.75, 3.05) is 11.1 Å². The fourth-order valence-corrected chi connectivity index (χ4v) is 3.50. The molecule has 0 bridgehead atoms. The molecule has 37 heavy (non-hydrogen) atoms. The van der Waals surface area contributed by atoms with Crippen LogP contribution < -0.4 is 11.1 Å². The molecule has 0 saturated heterocycles. The lowest BCUT2D eigenvalue weighted by atomic mass is 10.1. The van der Waals surface area contributed by atoms with E-state index >= 15 is 0 Å². The number of nitrogens with two attached hydrogens (primary N) is 1. The number of hydrogen-bond donors (Lipinski definition) is 2. The van der Waals surface area contributed by atoms with Crippen LogP contribution >= 0.6 is 0 Å². The summed E-state index contributed by atoms with van der Waals surface area (Å²) in [5, 5.41) is 7.54. The Morgan fingerprint density at radius 3 is 2.54 bits per heavy atom. The second-order valence-electron chi connectivity index (χ2n) is 8.73. The van der Waals surface area contributed by atoms with Crippen molar-refractivity contribution in [3.63, 3.8) is 0 Å². The Labute approximate surface area is 217 Å². The average Bonchev–Trinajstić information content (AvgIpc) is 3.31. The van der Waals surface area contributed by atoms with E-state index < -0.39 is 0 Å². The van der Waals surface area contributed by atoms with Crippen LogP contribution in [0.4, 0.5) is 20.4 Å². The van der Waals surface area contributed by atoms with E-state index in [1.54, 1.807) is 47.1 Å². The molecule has 0 atom stereocenters. The van der Waals surface area contributed by atoms with Gasteiger partial charge in [-0.3, -0.25) is 0 Å². The van der Waals surface area contributed by atoms with Crippen molar-refractivity contribution in [2.24, 2.45) is 0 Å². The van der Waals surface area contributed by atoms with E-state index in [2.05, 4.69) is 60.2 Å². The van der Waals surface area contributed by atoms with Crippen LogP contribution in [0.1, 0.15) is 62.6 Å². The summed E-state index contributed by atoms with van der Waals surface area (Å²) in [6.07, 6.45) is 8.99. The normalized spacial score (nSPS) is 10.8. The first-order valence-electron chi connectivity index (χ1n) is 12.4. The molecule has 4 aromatic rings. The molecule has 5 nitrogen and oxygen atoms in total. The van der Waals surface area contributed by atoms with E-state index in [1.807, 2.05) is 0 Å². The lowest BCUT2D eigenvalue weighted by Gasteiger charge is -2.10. The fraction of sp³-hybridized carbons (Fsp3) is 0.267. The van der Waals surface area contributed by atoms with Gasteiger partial charge >= 0.3 is 0 Å². The van der Waals surface area contributed by atoms with Gasteiger partial charge in [0.1, 0.15) is 23.3 Å². The third-order valence-electron chi connectivity index (χ3n) is 5.47. The van der Waals surface area contributed by atoms with Crippen LogP contribution in [-0.4, -0.2) is 14.6 Å². The molecule has 0 aliphatic carbocycles. The first-order valence-corrected chi connectivity index (χ1v) is 12.4. The number of nitrogens with one attached hydrogen (secondary N) is 1. The third-order valence-corrected chi connectivity index (χ3v) is 5.47. The second kappa shape index (κ2) is 13.8. The number of nitrogen functional groups attached to an aromatic ring is 1. The molecule has 0 amide bonds. The van der Waals surface area contributed by atoms with Crippen molar-refractivity contribution < 1.29 is 8.78 Å². The lowest BCUT2D eigenvalue weighted by Crippen LogP contribution is -2.08. The standard InChI is InChI=1S/C16H18FN5.C14H15F/c1-10(2)12-9-20-22-15(7-14(18)21-16(12)22)19-8-11-5-3-4-6-13(11)17;1-2-3-4-5-6-7-8-13-9-11-14(15)12-10-13/h3-7,9-10,19H,8H2,1-2H3,(H2,18,21);3-4,9-12H,2,5-6H2,1H3/b;4-3-. The molecule has 0 unspecified atom stereocenters. The van der Waals surface area contributed by atoms with Crippen molar-refractivity contribution in [1.29, 1.82) is 0 Å². The van der Waals surface area contributed by atoms with E-state index in [9.17, 15) is 8.78 Å². The molecule has 0 spiro atoms. The van der Waals surface area contributed by atoms with Crippen LogP contribution in [0, 0.1) is 23.5 Å². The molecular weight excluding hydrogens is 468 g/mol. The summed E-state index contributed by atoms with van der Waals surface area (Å²) in [6, 6.07) is 14.6. The quantitative estimate of drug-likeness (QED) is 0.161. The van der Waals surface area contributed by atoms with Crippen molar-refractivity contribution in [3.8, 4) is 11.8 Å². The number of allylic oxidation sites excluding steroid dienone is 2. The zero-order chi connectivity index (χ0) is 26.6. The summed E-state index contributed by atoms with van der Waals surface area (Å²) < 4.78 is 28.0. The number of aromatic nitrogens is 3. The molecule has 0 saturated carbocycles. The number of rotatable bonds is 7. The highest BCUT2D eigenvalue weighted by Crippen LogP contribution is 2.23. The summed E-state index contributed by atoms with van der Waals surface area (Å²) in [5.74, 6) is 7.00. The predicted octanol–water partition coefficient (Wildman–Crippen LogP) is 7.11. The summed E-state index contributed by atoms with van der Waals surface area (Å²) in [6.45, 7) is 6.62. The Morgan fingerprint density at radius 1 is 1.08 bits per heavy atom. The summed E-state index contributed by atoms with van der Waals surface area (Å²) in [7, 11) is 0. The van der Waals surface area contributed by atoms with E-state index in [1.165, 1.54) is 18.2 Å². The van der Waals surface area contributed by atoms with Crippen molar-refractivity contribution in [2.45, 2.75) is 52.5 Å². The van der Waals surface area contributed by atoms with Gasteiger partial charge < -0.3 is 11.1 Å². The summed E-state index contributed by atoms with van der Waals surface area (Å²) >= 11 is 0. The van der Waals surface area contributed by atoms with Crippen LogP contribution in [0.5, 0.6) is 0 Å².